The number of rotatable bonds is 6. The molecule has 4 nitrogen and oxygen atoms in total. The molecule has 4 heteroatoms. The Balaban J connectivity index is 1.57. The van der Waals surface area contributed by atoms with Gasteiger partial charge in [0.25, 0.3) is 0 Å². The molecule has 3 rings (SSSR count). The Labute approximate surface area is 126 Å². The number of methoxy groups -OCH3 is 1. The van der Waals surface area contributed by atoms with E-state index in [1.807, 2.05) is 12.1 Å². The van der Waals surface area contributed by atoms with Crippen molar-refractivity contribution >= 4 is 5.91 Å². The lowest BCUT2D eigenvalue weighted by Gasteiger charge is -2.24. The minimum absolute atomic E-state index is 0.169. The first-order chi connectivity index (χ1) is 10.3. The van der Waals surface area contributed by atoms with E-state index in [2.05, 4.69) is 22.3 Å². The van der Waals surface area contributed by atoms with Gasteiger partial charge >= 0.3 is 0 Å². The topological polar surface area (TPSA) is 41.6 Å². The van der Waals surface area contributed by atoms with Crippen LogP contribution in [-0.4, -0.2) is 37.6 Å². The van der Waals surface area contributed by atoms with Crippen molar-refractivity contribution in [2.75, 3.05) is 26.7 Å². The first kappa shape index (κ1) is 14.4. The molecule has 1 amide bonds. The van der Waals surface area contributed by atoms with Gasteiger partial charge in [0.05, 0.1) is 13.7 Å². The maximum atomic E-state index is 12.0. The zero-order valence-electron chi connectivity index (χ0n) is 12.7. The molecule has 2 aliphatic rings. The lowest BCUT2D eigenvalue weighted by atomic mass is 10.0. The second-order valence-electron chi connectivity index (χ2n) is 6.15. The van der Waals surface area contributed by atoms with Gasteiger partial charge in [-0.25, -0.2) is 0 Å². The molecule has 1 N–H and O–H groups in total. The van der Waals surface area contributed by atoms with Gasteiger partial charge in [-0.2, -0.15) is 0 Å². The van der Waals surface area contributed by atoms with E-state index in [9.17, 15) is 4.79 Å². The summed E-state index contributed by atoms with van der Waals surface area (Å²) in [5.41, 5.74) is 1.28. The molecular weight excluding hydrogens is 264 g/mol. The van der Waals surface area contributed by atoms with E-state index in [1.165, 1.54) is 18.4 Å². The molecule has 1 atom stereocenters. The molecule has 21 heavy (non-hydrogen) atoms. The summed E-state index contributed by atoms with van der Waals surface area (Å²) in [6, 6.07) is 8.59. The molecular formula is C17H24N2O2. The third-order valence-corrected chi connectivity index (χ3v) is 4.50. The molecule has 1 saturated carbocycles. The van der Waals surface area contributed by atoms with Crippen molar-refractivity contribution in [1.29, 1.82) is 0 Å². The molecule has 1 heterocycles. The molecule has 114 valence electrons. The number of nitrogens with zero attached hydrogens (tertiary/aromatic N) is 1. The fourth-order valence-corrected chi connectivity index (χ4v) is 3.04. The van der Waals surface area contributed by atoms with Crippen LogP contribution in [0.15, 0.2) is 24.3 Å². The number of hydrogen-bond donors (Lipinski definition) is 1. The summed E-state index contributed by atoms with van der Waals surface area (Å²) in [5, 5.41) is 3.06. The van der Waals surface area contributed by atoms with Crippen LogP contribution in [0, 0.1) is 5.92 Å². The minimum Gasteiger partial charge on any atom is -0.497 e. The molecule has 0 spiro atoms. The molecule has 1 aromatic carbocycles. The number of benzene rings is 1. The summed E-state index contributed by atoms with van der Waals surface area (Å²) < 4.78 is 5.21. The van der Waals surface area contributed by atoms with Gasteiger partial charge in [-0.1, -0.05) is 12.1 Å². The van der Waals surface area contributed by atoms with E-state index in [-0.39, 0.29) is 5.91 Å². The number of carbonyl (C=O) groups excluding carboxylic acids is 1. The van der Waals surface area contributed by atoms with Crippen molar-refractivity contribution in [2.24, 2.45) is 5.92 Å². The number of hydrogen-bond acceptors (Lipinski definition) is 3. The third kappa shape index (κ3) is 3.76. The Hall–Kier alpha value is -1.55. The van der Waals surface area contributed by atoms with Crippen molar-refractivity contribution < 1.29 is 9.53 Å². The van der Waals surface area contributed by atoms with Crippen LogP contribution >= 0.6 is 0 Å². The Morgan fingerprint density at radius 3 is 2.71 bits per heavy atom. The average molecular weight is 288 g/mol. The van der Waals surface area contributed by atoms with Crippen molar-refractivity contribution in [2.45, 2.75) is 31.7 Å². The van der Waals surface area contributed by atoms with Crippen LogP contribution in [0.2, 0.25) is 0 Å². The van der Waals surface area contributed by atoms with Crippen LogP contribution in [0.25, 0.3) is 0 Å². The van der Waals surface area contributed by atoms with Gasteiger partial charge in [-0.15, -0.1) is 0 Å². The summed E-state index contributed by atoms with van der Waals surface area (Å²) in [7, 11) is 1.68. The summed E-state index contributed by atoms with van der Waals surface area (Å²) >= 11 is 0. The SMILES string of the molecule is COc1ccc([C@@H]2CCCN2CC(=O)NCC2CC2)cc1. The molecule has 0 bridgehead atoms. The fourth-order valence-electron chi connectivity index (χ4n) is 3.04. The van der Waals surface area contributed by atoms with E-state index < -0.39 is 0 Å². The maximum Gasteiger partial charge on any atom is 0.234 e. The number of nitrogens with one attached hydrogen (secondary N) is 1. The van der Waals surface area contributed by atoms with E-state index in [1.54, 1.807) is 7.11 Å². The van der Waals surface area contributed by atoms with Crippen LogP contribution in [0.4, 0.5) is 0 Å². The molecule has 0 unspecified atom stereocenters. The summed E-state index contributed by atoms with van der Waals surface area (Å²) in [5.74, 6) is 1.79. The summed E-state index contributed by atoms with van der Waals surface area (Å²) in [4.78, 5) is 14.3. The van der Waals surface area contributed by atoms with Crippen molar-refractivity contribution in [3.05, 3.63) is 29.8 Å². The lowest BCUT2D eigenvalue weighted by molar-refractivity contribution is -0.122. The highest BCUT2D eigenvalue weighted by Crippen LogP contribution is 2.32. The Morgan fingerprint density at radius 1 is 1.29 bits per heavy atom. The maximum absolute atomic E-state index is 12.0. The van der Waals surface area contributed by atoms with Gasteiger partial charge in [-0.05, 0) is 55.8 Å². The predicted molar refractivity (Wildman–Crippen MR) is 82.3 cm³/mol. The Morgan fingerprint density at radius 2 is 2.05 bits per heavy atom. The fraction of sp³-hybridized carbons (Fsp3) is 0.588. The van der Waals surface area contributed by atoms with Gasteiger partial charge < -0.3 is 10.1 Å². The highest BCUT2D eigenvalue weighted by molar-refractivity contribution is 5.78. The van der Waals surface area contributed by atoms with Crippen LogP contribution in [-0.2, 0) is 4.79 Å². The summed E-state index contributed by atoms with van der Waals surface area (Å²) in [6.45, 7) is 2.39. The van der Waals surface area contributed by atoms with Gasteiger partial charge in [-0.3, -0.25) is 9.69 Å². The molecule has 0 aromatic heterocycles. The van der Waals surface area contributed by atoms with Gasteiger partial charge in [0.2, 0.25) is 5.91 Å². The zero-order chi connectivity index (χ0) is 14.7. The van der Waals surface area contributed by atoms with E-state index in [4.69, 9.17) is 4.74 Å². The molecule has 1 aliphatic carbocycles. The molecule has 0 radical (unpaired) electrons. The Kier molecular flexibility index (Phi) is 4.44. The van der Waals surface area contributed by atoms with Crippen LogP contribution in [0.5, 0.6) is 5.75 Å². The normalized spacial score (nSPS) is 22.2. The van der Waals surface area contributed by atoms with E-state index >= 15 is 0 Å². The zero-order valence-corrected chi connectivity index (χ0v) is 12.7. The predicted octanol–water partition coefficient (Wildman–Crippen LogP) is 2.36. The quantitative estimate of drug-likeness (QED) is 0.873. The van der Waals surface area contributed by atoms with Gasteiger partial charge in [0.1, 0.15) is 5.75 Å². The lowest BCUT2D eigenvalue weighted by Crippen LogP contribution is -2.37. The first-order valence-electron chi connectivity index (χ1n) is 7.91. The monoisotopic (exact) mass is 288 g/mol. The highest BCUT2D eigenvalue weighted by atomic mass is 16.5. The van der Waals surface area contributed by atoms with Gasteiger partial charge in [0, 0.05) is 12.6 Å². The number of carbonyl (C=O) groups is 1. The van der Waals surface area contributed by atoms with Crippen molar-refractivity contribution in [3.63, 3.8) is 0 Å². The van der Waals surface area contributed by atoms with Crippen LogP contribution in [0.1, 0.15) is 37.3 Å². The average Bonchev–Trinajstić information content (AvgIpc) is 3.24. The first-order valence-corrected chi connectivity index (χ1v) is 7.91. The smallest absolute Gasteiger partial charge is 0.234 e. The third-order valence-electron chi connectivity index (χ3n) is 4.50. The molecule has 1 aromatic rings. The van der Waals surface area contributed by atoms with Gasteiger partial charge in [0.15, 0.2) is 0 Å². The molecule has 1 saturated heterocycles. The van der Waals surface area contributed by atoms with E-state index in [0.29, 0.717) is 12.6 Å². The molecule has 1 aliphatic heterocycles. The highest BCUT2D eigenvalue weighted by Gasteiger charge is 2.28. The second kappa shape index (κ2) is 6.48. The van der Waals surface area contributed by atoms with E-state index in [0.717, 1.165) is 37.6 Å². The standard InChI is InChI=1S/C17H24N2O2/c1-21-15-8-6-14(7-9-15)16-3-2-10-19(16)12-17(20)18-11-13-4-5-13/h6-9,13,16H,2-5,10-12H2,1H3,(H,18,20)/t16-/m0/s1. The second-order valence-corrected chi connectivity index (χ2v) is 6.15. The number of ether oxygens (including phenoxy) is 1. The summed E-state index contributed by atoms with van der Waals surface area (Å²) in [6.07, 6.45) is 4.84. The largest absolute Gasteiger partial charge is 0.497 e. The van der Waals surface area contributed by atoms with Crippen molar-refractivity contribution in [1.82, 2.24) is 10.2 Å². The molecule has 2 fully saturated rings. The van der Waals surface area contributed by atoms with Crippen LogP contribution < -0.4 is 10.1 Å². The number of amides is 1. The van der Waals surface area contributed by atoms with Crippen molar-refractivity contribution in [3.8, 4) is 5.75 Å². The Bertz CT molecular complexity index is 482. The number of likely N-dealkylation sites (tertiary alicyclic amines) is 1. The minimum atomic E-state index is 0.169. The van der Waals surface area contributed by atoms with Crippen LogP contribution in [0.3, 0.4) is 0 Å².